The van der Waals surface area contributed by atoms with E-state index in [0.29, 0.717) is 51.3 Å². The molecule has 0 bridgehead atoms. The second-order valence-corrected chi connectivity index (χ2v) is 21.5. The number of carboxylic acid groups (broad SMARTS) is 1. The number of nitrogens with zero attached hydrogens (tertiary/aromatic N) is 5. The van der Waals surface area contributed by atoms with Crippen molar-refractivity contribution >= 4 is 52.4 Å². The van der Waals surface area contributed by atoms with E-state index in [9.17, 15) is 29.1 Å². The van der Waals surface area contributed by atoms with Crippen LogP contribution < -0.4 is 20.1 Å². The Kier molecular flexibility index (Phi) is 15.4. The van der Waals surface area contributed by atoms with Gasteiger partial charge in [-0.2, -0.15) is 4.68 Å². The van der Waals surface area contributed by atoms with Crippen LogP contribution in [-0.4, -0.2) is 109 Å². The summed E-state index contributed by atoms with van der Waals surface area (Å²) in [4.78, 5) is 75.5. The summed E-state index contributed by atoms with van der Waals surface area (Å²) in [7, 11) is 0. The van der Waals surface area contributed by atoms with E-state index in [1.807, 2.05) is 59.7 Å². The lowest BCUT2D eigenvalue weighted by molar-refractivity contribution is -0.781. The number of nitrogens with one attached hydrogen (secondary N) is 2. The van der Waals surface area contributed by atoms with Crippen molar-refractivity contribution in [2.24, 2.45) is 11.1 Å². The molecule has 5 rings (SSSR count). The van der Waals surface area contributed by atoms with Gasteiger partial charge in [0.1, 0.15) is 33.8 Å². The van der Waals surface area contributed by atoms with Crippen LogP contribution >= 0.6 is 11.3 Å². The molecule has 0 radical (unpaired) electrons. The molecule has 0 spiro atoms. The van der Waals surface area contributed by atoms with E-state index in [-0.39, 0.29) is 29.3 Å². The van der Waals surface area contributed by atoms with Crippen molar-refractivity contribution in [3.8, 4) is 16.9 Å². The number of carbonyl (C=O) groups is 5. The van der Waals surface area contributed by atoms with Crippen molar-refractivity contribution < 1.29 is 62.3 Å². The molecule has 20 heteroatoms. The molecule has 2 aromatic heterocycles. The van der Waals surface area contributed by atoms with Gasteiger partial charge in [-0.25, -0.2) is 29.0 Å². The maximum absolute atomic E-state index is 13.9. The maximum atomic E-state index is 13.9. The molecule has 1 saturated heterocycles. The van der Waals surface area contributed by atoms with Crippen molar-refractivity contribution in [3.05, 3.63) is 47.2 Å². The Morgan fingerprint density at radius 2 is 1.52 bits per heavy atom. The van der Waals surface area contributed by atoms with Crippen molar-refractivity contribution in [3.63, 3.8) is 0 Å². The Balaban J connectivity index is 1.35. The maximum Gasteiger partial charge on any atom is 0.413 e. The van der Waals surface area contributed by atoms with Gasteiger partial charge < -0.3 is 43.8 Å². The monoisotopic (exact) mass is 940 g/mol. The highest BCUT2D eigenvalue weighted by Gasteiger charge is 2.51. The summed E-state index contributed by atoms with van der Waals surface area (Å²) < 4.78 is 32.7. The number of fused-ring (bicyclic) bond motifs is 1. The first kappa shape index (κ1) is 51.1. The van der Waals surface area contributed by atoms with Crippen LogP contribution in [-0.2, 0) is 52.9 Å². The van der Waals surface area contributed by atoms with Gasteiger partial charge in [-0.1, -0.05) is 11.2 Å². The molecule has 3 amide bonds. The fourth-order valence-corrected chi connectivity index (χ4v) is 7.58. The smallest absolute Gasteiger partial charge is 0.413 e. The number of anilines is 1. The van der Waals surface area contributed by atoms with Crippen molar-refractivity contribution in [2.75, 3.05) is 25.0 Å². The summed E-state index contributed by atoms with van der Waals surface area (Å²) in [6.45, 7) is 25.4. The average Bonchev–Trinajstić information content (AvgIpc) is 3.77. The minimum atomic E-state index is -1.92. The molecule has 4 heterocycles. The molecule has 2 aliphatic heterocycles. The Labute approximate surface area is 390 Å². The van der Waals surface area contributed by atoms with E-state index in [4.69, 9.17) is 28.5 Å². The Morgan fingerprint density at radius 3 is 2.14 bits per heavy atom. The number of benzene rings is 1. The molecule has 2 aliphatic rings. The molecule has 3 N–H and O–H groups in total. The number of hydrogen-bond acceptors (Lipinski definition) is 14. The normalized spacial score (nSPS) is 16.7. The van der Waals surface area contributed by atoms with Gasteiger partial charge in [0, 0.05) is 25.0 Å². The summed E-state index contributed by atoms with van der Waals surface area (Å²) in [5.74, 6) is -1.59. The van der Waals surface area contributed by atoms with Crippen LogP contribution in [0.15, 0.2) is 41.1 Å². The number of carboxylic acids is 1. The van der Waals surface area contributed by atoms with Gasteiger partial charge >= 0.3 is 30.2 Å². The highest BCUT2D eigenvalue weighted by molar-refractivity contribution is 7.14. The molecule has 19 nitrogen and oxygen atoms in total. The van der Waals surface area contributed by atoms with Crippen LogP contribution in [0.25, 0.3) is 11.1 Å². The van der Waals surface area contributed by atoms with Gasteiger partial charge in [-0.3, -0.25) is 5.32 Å². The SMILES string of the molecule is CC(C)(C)OC(=O)NCCCn1cc(-c2ccc3c(c2)CC[C@H]([C@](C)(O/N=C(\C(=O)O)c2csc(NC(=O)OC(C)(C)C)n2)C(=O)OC(C)(C)C)O3)c[n+]1CC1CN(C(=O)OC(C)(C)C)C1. The van der Waals surface area contributed by atoms with Gasteiger partial charge in [-0.15, -0.1) is 16.0 Å². The number of likely N-dealkylation sites (tertiary alicyclic amines) is 1. The van der Waals surface area contributed by atoms with E-state index >= 15 is 0 Å². The molecule has 2 atom stereocenters. The van der Waals surface area contributed by atoms with Crippen molar-refractivity contribution in [1.82, 2.24) is 19.9 Å². The number of aryl methyl sites for hydroxylation is 2. The summed E-state index contributed by atoms with van der Waals surface area (Å²) in [5.41, 5.74) is -2.80. The first-order valence-corrected chi connectivity index (χ1v) is 22.9. The van der Waals surface area contributed by atoms with E-state index in [0.717, 1.165) is 28.0 Å². The predicted octanol–water partition coefficient (Wildman–Crippen LogP) is 7.33. The number of carbonyl (C=O) groups excluding carboxylic acids is 4. The van der Waals surface area contributed by atoms with Crippen molar-refractivity contribution in [2.45, 2.75) is 156 Å². The summed E-state index contributed by atoms with van der Waals surface area (Å²) in [6.07, 6.45) is 2.97. The zero-order chi connectivity index (χ0) is 49.0. The fraction of sp³-hybridized carbons (Fsp3) is 0.609. The Morgan fingerprint density at radius 1 is 0.879 bits per heavy atom. The van der Waals surface area contributed by atoms with Crippen LogP contribution in [0.1, 0.15) is 114 Å². The van der Waals surface area contributed by atoms with E-state index in [1.165, 1.54) is 12.3 Å². The molecule has 3 aromatic rings. The standard InChI is InChI=1S/C46H65N7O12S/c1-42(2,3)61-37(56)46(13,65-50-35(36(54)55)32-27-66-38(48-32)49-40(58)63-44(7,8)9)34-18-16-30-21-29(15-17-33(30)60-34)31-25-52(20-14-19-47-39(57)62-43(4,5)6)53(26-31)24-28-22-51(23-28)41(59)64-45(10,11)12/h15,17,21,25-28,34H,14,16,18-20,22-24H2,1-13H3,(H2-,47,48,49,54,55,57,58)/p+1/b50-35-/t34-,46+/m1/s1. The Hall–Kier alpha value is -5.92. The molecule has 0 saturated carbocycles. The summed E-state index contributed by atoms with van der Waals surface area (Å²) >= 11 is 0.957. The van der Waals surface area contributed by atoms with Crippen LogP contribution in [0.2, 0.25) is 0 Å². The van der Waals surface area contributed by atoms with E-state index in [1.54, 1.807) is 46.4 Å². The number of hydrogen-bond donors (Lipinski definition) is 3. The number of esters is 1. The minimum absolute atomic E-state index is 0.0682. The quantitative estimate of drug-likeness (QED) is 0.0360. The summed E-state index contributed by atoms with van der Waals surface area (Å²) in [6, 6.07) is 5.77. The number of alkyl carbamates (subject to hydrolysis) is 1. The number of aromatic nitrogens is 3. The highest BCUT2D eigenvalue weighted by Crippen LogP contribution is 2.37. The number of ether oxygens (including phenoxy) is 5. The number of aliphatic carboxylic acids is 1. The molecule has 66 heavy (non-hydrogen) atoms. The zero-order valence-electron chi connectivity index (χ0n) is 40.4. The molecule has 0 unspecified atom stereocenters. The third-order valence-electron chi connectivity index (χ3n) is 9.83. The molecule has 0 aliphatic carbocycles. The molecule has 1 aromatic carbocycles. The Bertz CT molecular complexity index is 2290. The van der Waals surface area contributed by atoms with Crippen LogP contribution in [0.5, 0.6) is 5.75 Å². The lowest BCUT2D eigenvalue weighted by Gasteiger charge is -2.38. The van der Waals surface area contributed by atoms with Gasteiger partial charge in [-0.05, 0) is 133 Å². The van der Waals surface area contributed by atoms with Gasteiger partial charge in [0.05, 0.1) is 24.2 Å². The average molecular weight is 941 g/mol. The van der Waals surface area contributed by atoms with E-state index in [2.05, 4.69) is 42.5 Å². The number of oxime groups is 1. The summed E-state index contributed by atoms with van der Waals surface area (Å²) in [5, 5.41) is 20.9. The first-order valence-electron chi connectivity index (χ1n) is 22.0. The van der Waals surface area contributed by atoms with E-state index < -0.39 is 63.9 Å². The zero-order valence-corrected chi connectivity index (χ0v) is 41.2. The van der Waals surface area contributed by atoms with Gasteiger partial charge in [0.25, 0.3) is 5.60 Å². The second-order valence-electron chi connectivity index (χ2n) is 20.6. The third kappa shape index (κ3) is 14.5. The van der Waals surface area contributed by atoms with Gasteiger partial charge in [0.2, 0.25) is 11.9 Å². The van der Waals surface area contributed by atoms with Crippen LogP contribution in [0, 0.1) is 5.92 Å². The lowest BCUT2D eigenvalue weighted by atomic mass is 9.89. The topological polar surface area (TPSA) is 222 Å². The molecular formula is C46H66N7O12S+. The minimum Gasteiger partial charge on any atom is -0.485 e. The second kappa shape index (κ2) is 19.9. The molecular weight excluding hydrogens is 875 g/mol. The molecule has 362 valence electrons. The van der Waals surface area contributed by atoms with Crippen LogP contribution in [0.3, 0.4) is 0 Å². The van der Waals surface area contributed by atoms with Crippen molar-refractivity contribution in [1.29, 1.82) is 0 Å². The first-order chi connectivity index (χ1) is 30.5. The van der Waals surface area contributed by atoms with Gasteiger partial charge in [0.15, 0.2) is 17.8 Å². The number of amides is 3. The lowest BCUT2D eigenvalue weighted by Crippen LogP contribution is -2.58. The number of thiazole rings is 1. The molecule has 1 fully saturated rings. The highest BCUT2D eigenvalue weighted by atomic mass is 32.1. The largest absolute Gasteiger partial charge is 0.485 e. The van der Waals surface area contributed by atoms with Crippen LogP contribution in [0.4, 0.5) is 19.5 Å². The predicted molar refractivity (Wildman–Crippen MR) is 244 cm³/mol. The number of rotatable bonds is 14. The fourth-order valence-electron chi connectivity index (χ4n) is 6.90. The third-order valence-corrected chi connectivity index (χ3v) is 10.6.